The van der Waals surface area contributed by atoms with Gasteiger partial charge in [-0.1, -0.05) is 12.1 Å². The fourth-order valence-electron chi connectivity index (χ4n) is 2.68. The molecule has 0 bridgehead atoms. The highest BCUT2D eigenvalue weighted by atomic mass is 14.7. The highest BCUT2D eigenvalue weighted by Gasteiger charge is 2.04. The summed E-state index contributed by atoms with van der Waals surface area (Å²) >= 11 is 0. The van der Waals surface area contributed by atoms with Crippen molar-refractivity contribution in [3.63, 3.8) is 0 Å². The fraction of sp³-hybridized carbons (Fsp3) is 0.0476. The van der Waals surface area contributed by atoms with E-state index in [1.54, 1.807) is 12.4 Å². The maximum absolute atomic E-state index is 4.74. The lowest BCUT2D eigenvalue weighted by Gasteiger charge is -2.06. The molecule has 4 aromatic rings. The minimum Gasteiger partial charge on any atom is -0.264 e. The van der Waals surface area contributed by atoms with Crippen molar-refractivity contribution in [1.29, 1.82) is 0 Å². The Kier molecular flexibility index (Phi) is 4.25. The number of nitrogens with zero attached hydrogens (tertiary/aromatic N) is 4. The zero-order valence-electron chi connectivity index (χ0n) is 13.6. The van der Waals surface area contributed by atoms with Crippen LogP contribution in [0.25, 0.3) is 22.5 Å². The summed E-state index contributed by atoms with van der Waals surface area (Å²) in [6.07, 6.45) is 9.83. The van der Waals surface area contributed by atoms with Gasteiger partial charge in [0.15, 0.2) is 0 Å². The van der Waals surface area contributed by atoms with Gasteiger partial charge in [0.1, 0.15) is 0 Å². The summed E-state index contributed by atoms with van der Waals surface area (Å²) in [5.74, 6) is 0. The monoisotopic (exact) mass is 324 g/mol. The summed E-state index contributed by atoms with van der Waals surface area (Å²) < 4.78 is 0. The molecular formula is C21H16N4. The van der Waals surface area contributed by atoms with Crippen molar-refractivity contribution in [2.45, 2.75) is 6.42 Å². The van der Waals surface area contributed by atoms with Crippen LogP contribution in [0.15, 0.2) is 85.6 Å². The first-order chi connectivity index (χ1) is 12.4. The smallest absolute Gasteiger partial charge is 0.0720 e. The summed E-state index contributed by atoms with van der Waals surface area (Å²) in [7, 11) is 0. The van der Waals surface area contributed by atoms with Crippen LogP contribution in [-0.4, -0.2) is 19.9 Å². The summed E-state index contributed by atoms with van der Waals surface area (Å²) in [5.41, 5.74) is 6.04. The first-order valence-electron chi connectivity index (χ1n) is 8.10. The van der Waals surface area contributed by atoms with E-state index in [0.29, 0.717) is 0 Å². The van der Waals surface area contributed by atoms with E-state index in [0.717, 1.165) is 40.2 Å². The second kappa shape index (κ2) is 7.01. The van der Waals surface area contributed by atoms with Gasteiger partial charge < -0.3 is 0 Å². The highest BCUT2D eigenvalue weighted by Crippen LogP contribution is 2.19. The lowest BCUT2D eigenvalue weighted by Crippen LogP contribution is -1.95. The molecule has 25 heavy (non-hydrogen) atoms. The molecule has 0 aliphatic carbocycles. The Morgan fingerprint density at radius 3 is 2.04 bits per heavy atom. The average Bonchev–Trinajstić information content (AvgIpc) is 2.70. The highest BCUT2D eigenvalue weighted by molar-refractivity contribution is 5.58. The van der Waals surface area contributed by atoms with Crippen LogP contribution in [0.3, 0.4) is 0 Å². The van der Waals surface area contributed by atoms with Gasteiger partial charge in [0.05, 0.1) is 11.4 Å². The van der Waals surface area contributed by atoms with Gasteiger partial charge in [0, 0.05) is 54.2 Å². The molecule has 120 valence electrons. The van der Waals surface area contributed by atoms with E-state index < -0.39 is 0 Å². The predicted molar refractivity (Wildman–Crippen MR) is 97.7 cm³/mol. The van der Waals surface area contributed by atoms with E-state index in [2.05, 4.69) is 21.0 Å². The Bertz CT molecular complexity index is 952. The van der Waals surface area contributed by atoms with E-state index in [4.69, 9.17) is 4.98 Å². The zero-order chi connectivity index (χ0) is 16.9. The molecule has 0 saturated carbocycles. The van der Waals surface area contributed by atoms with Crippen LogP contribution in [0.2, 0.25) is 0 Å². The Morgan fingerprint density at radius 2 is 1.40 bits per heavy atom. The van der Waals surface area contributed by atoms with Crippen LogP contribution in [0.5, 0.6) is 0 Å². The molecule has 4 heterocycles. The lowest BCUT2D eigenvalue weighted by atomic mass is 10.1. The Morgan fingerprint density at radius 1 is 0.640 bits per heavy atom. The van der Waals surface area contributed by atoms with Gasteiger partial charge in [0.25, 0.3) is 0 Å². The maximum atomic E-state index is 4.74. The topological polar surface area (TPSA) is 51.6 Å². The van der Waals surface area contributed by atoms with Crippen molar-refractivity contribution in [2.24, 2.45) is 0 Å². The standard InChI is InChI=1S/C21H16N4/c1-6-19(25-21(7-1)18-5-3-11-23-15-18)12-16-8-9-20(24-13-16)17-4-2-10-22-14-17/h1-11,13-15H,12H2. The minimum absolute atomic E-state index is 0.744. The fourth-order valence-corrected chi connectivity index (χ4v) is 2.68. The SMILES string of the molecule is c1cncc(-c2ccc(Cc3cccc(-c4cccnc4)n3)cn2)c1. The molecule has 0 atom stereocenters. The molecular weight excluding hydrogens is 308 g/mol. The summed E-state index contributed by atoms with van der Waals surface area (Å²) in [4.78, 5) is 17.6. The molecule has 0 aromatic carbocycles. The van der Waals surface area contributed by atoms with E-state index in [1.807, 2.05) is 67.1 Å². The normalized spacial score (nSPS) is 10.6. The Labute approximate surface area is 146 Å². The van der Waals surface area contributed by atoms with Crippen molar-refractivity contribution in [3.8, 4) is 22.5 Å². The van der Waals surface area contributed by atoms with Gasteiger partial charge in [0.2, 0.25) is 0 Å². The van der Waals surface area contributed by atoms with Gasteiger partial charge in [-0.15, -0.1) is 0 Å². The molecule has 0 unspecified atom stereocenters. The predicted octanol–water partition coefficient (Wildman–Crippen LogP) is 4.19. The van der Waals surface area contributed by atoms with E-state index in [-0.39, 0.29) is 0 Å². The van der Waals surface area contributed by atoms with Crippen LogP contribution in [-0.2, 0) is 6.42 Å². The van der Waals surface area contributed by atoms with Gasteiger partial charge in [-0.3, -0.25) is 19.9 Å². The third-order valence-electron chi connectivity index (χ3n) is 3.93. The van der Waals surface area contributed by atoms with Crippen LogP contribution in [0.4, 0.5) is 0 Å². The number of hydrogen-bond acceptors (Lipinski definition) is 4. The number of pyridine rings is 4. The first-order valence-corrected chi connectivity index (χ1v) is 8.10. The second-order valence-electron chi connectivity index (χ2n) is 5.73. The largest absolute Gasteiger partial charge is 0.264 e. The van der Waals surface area contributed by atoms with Gasteiger partial charge in [-0.25, -0.2) is 0 Å². The third kappa shape index (κ3) is 3.58. The van der Waals surface area contributed by atoms with Crippen LogP contribution in [0.1, 0.15) is 11.3 Å². The summed E-state index contributed by atoms with van der Waals surface area (Å²) in [5, 5.41) is 0. The first kappa shape index (κ1) is 15.1. The Hall–Kier alpha value is -3.40. The molecule has 4 nitrogen and oxygen atoms in total. The third-order valence-corrected chi connectivity index (χ3v) is 3.93. The van der Waals surface area contributed by atoms with Crippen LogP contribution >= 0.6 is 0 Å². The molecule has 4 rings (SSSR count). The molecule has 4 aromatic heterocycles. The number of rotatable bonds is 4. The van der Waals surface area contributed by atoms with Crippen molar-refractivity contribution in [2.75, 3.05) is 0 Å². The van der Waals surface area contributed by atoms with Gasteiger partial charge >= 0.3 is 0 Å². The number of aromatic nitrogens is 4. The summed E-state index contributed by atoms with van der Waals surface area (Å²) in [6, 6.07) is 18.0. The molecule has 0 fully saturated rings. The molecule has 0 amide bonds. The van der Waals surface area contributed by atoms with Crippen LogP contribution in [0, 0.1) is 0 Å². The lowest BCUT2D eigenvalue weighted by molar-refractivity contribution is 1.06. The molecule has 0 aliphatic rings. The van der Waals surface area contributed by atoms with Crippen molar-refractivity contribution >= 4 is 0 Å². The molecule has 0 spiro atoms. The molecule has 0 radical (unpaired) electrons. The van der Waals surface area contributed by atoms with E-state index in [1.165, 1.54) is 0 Å². The molecule has 0 N–H and O–H groups in total. The van der Waals surface area contributed by atoms with Crippen molar-refractivity contribution < 1.29 is 0 Å². The van der Waals surface area contributed by atoms with Crippen LogP contribution < -0.4 is 0 Å². The van der Waals surface area contributed by atoms with Gasteiger partial charge in [-0.2, -0.15) is 0 Å². The molecule has 0 saturated heterocycles. The maximum Gasteiger partial charge on any atom is 0.0720 e. The van der Waals surface area contributed by atoms with Gasteiger partial charge in [-0.05, 0) is 48.0 Å². The molecule has 0 aliphatic heterocycles. The minimum atomic E-state index is 0.744. The van der Waals surface area contributed by atoms with Crippen molar-refractivity contribution in [1.82, 2.24) is 19.9 Å². The summed E-state index contributed by atoms with van der Waals surface area (Å²) in [6.45, 7) is 0. The number of hydrogen-bond donors (Lipinski definition) is 0. The average molecular weight is 324 g/mol. The van der Waals surface area contributed by atoms with E-state index in [9.17, 15) is 0 Å². The quantitative estimate of drug-likeness (QED) is 0.565. The second-order valence-corrected chi connectivity index (χ2v) is 5.73. The molecule has 4 heteroatoms. The van der Waals surface area contributed by atoms with Crippen molar-refractivity contribution in [3.05, 3.63) is 96.8 Å². The van der Waals surface area contributed by atoms with E-state index >= 15 is 0 Å². The Balaban J connectivity index is 1.55. The zero-order valence-corrected chi connectivity index (χ0v) is 13.6.